The molecule has 1 unspecified atom stereocenters. The van der Waals surface area contributed by atoms with E-state index in [4.69, 9.17) is 4.74 Å². The molecule has 0 N–H and O–H groups in total. The van der Waals surface area contributed by atoms with Crippen LogP contribution in [-0.4, -0.2) is 52.9 Å². The molecule has 1 atom stereocenters. The summed E-state index contributed by atoms with van der Waals surface area (Å²) in [6, 6.07) is 10.00. The van der Waals surface area contributed by atoms with Crippen LogP contribution in [0.3, 0.4) is 0 Å². The maximum atomic E-state index is 12.7. The fraction of sp³-hybridized carbons (Fsp3) is 0.471. The second-order valence-electron chi connectivity index (χ2n) is 5.85. The summed E-state index contributed by atoms with van der Waals surface area (Å²) in [7, 11) is 3.45. The van der Waals surface area contributed by atoms with Crippen molar-refractivity contribution in [1.82, 2.24) is 19.7 Å². The van der Waals surface area contributed by atoms with E-state index in [1.807, 2.05) is 37.4 Å². The van der Waals surface area contributed by atoms with Crippen LogP contribution in [0.4, 0.5) is 0 Å². The third-order valence-corrected chi connectivity index (χ3v) is 4.30. The SMILES string of the molecule is COCCN(C)C(=O)C1CCCn2c(-c3ccccc3)nnc21. The zero-order chi connectivity index (χ0) is 16.2. The minimum Gasteiger partial charge on any atom is -0.383 e. The van der Waals surface area contributed by atoms with Crippen molar-refractivity contribution in [2.45, 2.75) is 25.3 Å². The average Bonchev–Trinajstić information content (AvgIpc) is 3.03. The van der Waals surface area contributed by atoms with Gasteiger partial charge in [-0.3, -0.25) is 4.79 Å². The smallest absolute Gasteiger partial charge is 0.233 e. The van der Waals surface area contributed by atoms with E-state index in [2.05, 4.69) is 14.8 Å². The number of ether oxygens (including phenoxy) is 1. The van der Waals surface area contributed by atoms with Crippen molar-refractivity contribution in [3.8, 4) is 11.4 Å². The molecule has 1 aromatic carbocycles. The summed E-state index contributed by atoms with van der Waals surface area (Å²) in [5, 5.41) is 8.67. The third-order valence-electron chi connectivity index (χ3n) is 4.30. The van der Waals surface area contributed by atoms with Crippen molar-refractivity contribution in [2.75, 3.05) is 27.3 Å². The summed E-state index contributed by atoms with van der Waals surface area (Å²) in [4.78, 5) is 14.4. The summed E-state index contributed by atoms with van der Waals surface area (Å²) in [5.74, 6) is 1.51. The van der Waals surface area contributed by atoms with Crippen LogP contribution in [0, 0.1) is 0 Å². The molecule has 0 bridgehead atoms. The van der Waals surface area contributed by atoms with Gasteiger partial charge in [-0.25, -0.2) is 0 Å². The number of methoxy groups -OCH3 is 1. The van der Waals surface area contributed by atoms with Crippen LogP contribution in [-0.2, 0) is 16.1 Å². The zero-order valence-electron chi connectivity index (χ0n) is 13.6. The molecule has 23 heavy (non-hydrogen) atoms. The lowest BCUT2D eigenvalue weighted by Crippen LogP contribution is -2.36. The first-order valence-electron chi connectivity index (χ1n) is 7.95. The summed E-state index contributed by atoms with van der Waals surface area (Å²) < 4.78 is 7.14. The molecule has 2 heterocycles. The van der Waals surface area contributed by atoms with Crippen LogP contribution in [0.15, 0.2) is 30.3 Å². The van der Waals surface area contributed by atoms with Gasteiger partial charge in [0.1, 0.15) is 5.82 Å². The Hall–Kier alpha value is -2.21. The van der Waals surface area contributed by atoms with E-state index in [9.17, 15) is 4.79 Å². The van der Waals surface area contributed by atoms with Crippen molar-refractivity contribution >= 4 is 5.91 Å². The molecular formula is C17H22N4O2. The molecule has 6 nitrogen and oxygen atoms in total. The molecule has 1 aliphatic rings. The predicted octanol–water partition coefficient (Wildman–Crippen LogP) is 1.93. The van der Waals surface area contributed by atoms with E-state index in [0.717, 1.165) is 36.6 Å². The van der Waals surface area contributed by atoms with Crippen LogP contribution in [0.1, 0.15) is 24.6 Å². The number of likely N-dealkylation sites (N-methyl/N-ethyl adjacent to an activating group) is 1. The first kappa shape index (κ1) is 15.7. The molecule has 122 valence electrons. The highest BCUT2D eigenvalue weighted by Gasteiger charge is 2.32. The molecule has 0 spiro atoms. The van der Waals surface area contributed by atoms with Gasteiger partial charge < -0.3 is 14.2 Å². The second kappa shape index (κ2) is 6.91. The van der Waals surface area contributed by atoms with E-state index in [1.54, 1.807) is 12.0 Å². The van der Waals surface area contributed by atoms with Gasteiger partial charge in [0.15, 0.2) is 5.82 Å². The van der Waals surface area contributed by atoms with E-state index in [0.29, 0.717) is 13.2 Å². The highest BCUT2D eigenvalue weighted by atomic mass is 16.5. The fourth-order valence-corrected chi connectivity index (χ4v) is 3.02. The highest BCUT2D eigenvalue weighted by Crippen LogP contribution is 2.31. The van der Waals surface area contributed by atoms with Crippen LogP contribution < -0.4 is 0 Å². The molecule has 3 rings (SSSR count). The van der Waals surface area contributed by atoms with Gasteiger partial charge in [-0.05, 0) is 12.8 Å². The molecule has 1 amide bonds. The van der Waals surface area contributed by atoms with Gasteiger partial charge in [0.25, 0.3) is 0 Å². The number of nitrogens with zero attached hydrogens (tertiary/aromatic N) is 4. The largest absolute Gasteiger partial charge is 0.383 e. The van der Waals surface area contributed by atoms with Gasteiger partial charge >= 0.3 is 0 Å². The Balaban J connectivity index is 1.86. The minimum atomic E-state index is -0.212. The van der Waals surface area contributed by atoms with Gasteiger partial charge in [-0.2, -0.15) is 0 Å². The summed E-state index contributed by atoms with van der Waals surface area (Å²) in [6.45, 7) is 1.99. The Morgan fingerprint density at radius 3 is 2.87 bits per heavy atom. The van der Waals surface area contributed by atoms with E-state index < -0.39 is 0 Å². The predicted molar refractivity (Wildman–Crippen MR) is 86.9 cm³/mol. The van der Waals surface area contributed by atoms with Crippen LogP contribution in [0.2, 0.25) is 0 Å². The van der Waals surface area contributed by atoms with Crippen LogP contribution in [0.25, 0.3) is 11.4 Å². The second-order valence-corrected chi connectivity index (χ2v) is 5.85. The lowest BCUT2D eigenvalue weighted by atomic mass is 9.97. The van der Waals surface area contributed by atoms with Gasteiger partial charge in [0.2, 0.25) is 5.91 Å². The Kier molecular flexibility index (Phi) is 4.71. The van der Waals surface area contributed by atoms with Crippen LogP contribution in [0.5, 0.6) is 0 Å². The molecule has 2 aromatic rings. The summed E-state index contributed by atoms with van der Waals surface area (Å²) in [5.41, 5.74) is 1.03. The normalized spacial score (nSPS) is 16.9. The third kappa shape index (κ3) is 3.12. The number of benzene rings is 1. The van der Waals surface area contributed by atoms with Crippen molar-refractivity contribution < 1.29 is 9.53 Å². The van der Waals surface area contributed by atoms with Gasteiger partial charge in [0.05, 0.1) is 12.5 Å². The van der Waals surface area contributed by atoms with E-state index >= 15 is 0 Å². The Bertz CT molecular complexity index is 668. The molecule has 0 saturated heterocycles. The summed E-state index contributed by atoms with van der Waals surface area (Å²) >= 11 is 0. The van der Waals surface area contributed by atoms with Gasteiger partial charge in [-0.1, -0.05) is 30.3 Å². The van der Waals surface area contributed by atoms with Gasteiger partial charge in [-0.15, -0.1) is 10.2 Å². The quantitative estimate of drug-likeness (QED) is 0.846. The number of amides is 1. The molecule has 0 saturated carbocycles. The number of rotatable bonds is 5. The molecule has 6 heteroatoms. The molecule has 1 aliphatic heterocycles. The summed E-state index contributed by atoms with van der Waals surface area (Å²) in [6.07, 6.45) is 1.78. The Labute approximate surface area is 136 Å². The number of aromatic nitrogens is 3. The maximum Gasteiger partial charge on any atom is 0.233 e. The van der Waals surface area contributed by atoms with Crippen molar-refractivity contribution in [2.24, 2.45) is 0 Å². The minimum absolute atomic E-state index is 0.0926. The number of fused-ring (bicyclic) bond motifs is 1. The maximum absolute atomic E-state index is 12.7. The van der Waals surface area contributed by atoms with Crippen molar-refractivity contribution in [3.63, 3.8) is 0 Å². The topological polar surface area (TPSA) is 60.2 Å². The number of carbonyl (C=O) groups excluding carboxylic acids is 1. The Morgan fingerprint density at radius 1 is 1.35 bits per heavy atom. The van der Waals surface area contributed by atoms with Crippen LogP contribution >= 0.6 is 0 Å². The monoisotopic (exact) mass is 314 g/mol. The molecule has 0 fully saturated rings. The lowest BCUT2D eigenvalue weighted by molar-refractivity contribution is -0.132. The van der Waals surface area contributed by atoms with E-state index in [-0.39, 0.29) is 11.8 Å². The fourth-order valence-electron chi connectivity index (χ4n) is 3.02. The highest BCUT2D eigenvalue weighted by molar-refractivity contribution is 5.83. The standard InChI is InChI=1S/C17H22N4O2/c1-20(11-12-23-2)17(22)14-9-6-10-21-15(18-19-16(14)21)13-7-4-3-5-8-13/h3-5,7-8,14H,6,9-12H2,1-2H3. The van der Waals surface area contributed by atoms with E-state index in [1.165, 1.54) is 0 Å². The molecule has 0 aliphatic carbocycles. The van der Waals surface area contributed by atoms with Gasteiger partial charge in [0, 0.05) is 32.8 Å². The van der Waals surface area contributed by atoms with Crippen molar-refractivity contribution in [3.05, 3.63) is 36.2 Å². The molecule has 0 radical (unpaired) electrons. The first-order valence-corrected chi connectivity index (χ1v) is 7.95. The molecular weight excluding hydrogens is 292 g/mol. The first-order chi connectivity index (χ1) is 11.2. The Morgan fingerprint density at radius 2 is 2.13 bits per heavy atom. The van der Waals surface area contributed by atoms with Crippen molar-refractivity contribution in [1.29, 1.82) is 0 Å². The average molecular weight is 314 g/mol. The number of hydrogen-bond donors (Lipinski definition) is 0. The number of hydrogen-bond acceptors (Lipinski definition) is 4. The lowest BCUT2D eigenvalue weighted by Gasteiger charge is -2.27. The zero-order valence-corrected chi connectivity index (χ0v) is 13.6. The number of carbonyl (C=O) groups is 1. The molecule has 1 aromatic heterocycles.